The quantitative estimate of drug-likeness (QED) is 0.582. The second kappa shape index (κ2) is 6.64. The van der Waals surface area contributed by atoms with E-state index in [1.54, 1.807) is 30.6 Å². The number of nitrogens with one attached hydrogen (secondary N) is 2. The molecule has 7 nitrogen and oxygen atoms in total. The number of benzene rings is 1. The molecule has 0 saturated heterocycles. The lowest BCUT2D eigenvalue weighted by molar-refractivity contribution is 0.102. The first kappa shape index (κ1) is 15.8. The van der Waals surface area contributed by atoms with Crippen molar-refractivity contribution in [3.63, 3.8) is 0 Å². The van der Waals surface area contributed by atoms with E-state index in [0.717, 1.165) is 10.9 Å². The normalized spacial score (nSPS) is 10.7. The molecule has 0 spiro atoms. The molecule has 7 heteroatoms. The number of hydrogen-bond donors (Lipinski definition) is 2. The highest BCUT2D eigenvalue weighted by Crippen LogP contribution is 2.21. The number of pyridine rings is 2. The minimum Gasteiger partial charge on any atom is -0.360 e. The Morgan fingerprint density at radius 2 is 1.96 bits per heavy atom. The fourth-order valence-electron chi connectivity index (χ4n) is 2.57. The van der Waals surface area contributed by atoms with E-state index in [1.165, 1.54) is 0 Å². The average molecular weight is 345 g/mol. The summed E-state index contributed by atoms with van der Waals surface area (Å²) >= 11 is 0. The predicted octanol–water partition coefficient (Wildman–Crippen LogP) is 3.92. The van der Waals surface area contributed by atoms with Crippen molar-refractivity contribution < 1.29 is 9.32 Å². The van der Waals surface area contributed by atoms with Crippen LogP contribution in [0.3, 0.4) is 0 Å². The largest absolute Gasteiger partial charge is 0.360 e. The number of aryl methyl sites for hydroxylation is 1. The van der Waals surface area contributed by atoms with E-state index in [1.807, 2.05) is 37.3 Å². The van der Waals surface area contributed by atoms with Crippen LogP contribution in [0, 0.1) is 6.92 Å². The Balaban J connectivity index is 1.51. The Labute approximate surface area is 149 Å². The molecule has 0 aliphatic carbocycles. The van der Waals surface area contributed by atoms with E-state index in [-0.39, 0.29) is 5.91 Å². The summed E-state index contributed by atoms with van der Waals surface area (Å²) in [4.78, 5) is 21.0. The van der Waals surface area contributed by atoms with Crippen molar-refractivity contribution in [1.29, 1.82) is 0 Å². The van der Waals surface area contributed by atoms with Gasteiger partial charge in [0, 0.05) is 17.6 Å². The van der Waals surface area contributed by atoms with Crippen LogP contribution < -0.4 is 10.6 Å². The molecule has 1 aromatic carbocycles. The summed E-state index contributed by atoms with van der Waals surface area (Å²) in [6.45, 7) is 1.81. The lowest BCUT2D eigenvalue weighted by Gasteiger charge is -2.08. The van der Waals surface area contributed by atoms with Gasteiger partial charge < -0.3 is 15.2 Å². The predicted molar refractivity (Wildman–Crippen MR) is 98.5 cm³/mol. The summed E-state index contributed by atoms with van der Waals surface area (Å²) < 4.78 is 5.00. The number of para-hydroxylation sites is 1. The highest BCUT2D eigenvalue weighted by molar-refractivity contribution is 6.07. The number of nitrogens with zero attached hydrogens (tertiary/aromatic N) is 3. The van der Waals surface area contributed by atoms with Gasteiger partial charge in [0.15, 0.2) is 5.82 Å². The Morgan fingerprint density at radius 3 is 2.73 bits per heavy atom. The van der Waals surface area contributed by atoms with Crippen molar-refractivity contribution in [2.75, 3.05) is 10.6 Å². The highest BCUT2D eigenvalue weighted by Gasteiger charge is 2.10. The molecule has 2 N–H and O–H groups in total. The second-order valence-electron chi connectivity index (χ2n) is 5.71. The SMILES string of the molecule is Cc1cc(Nc2ccc(C(=O)Nc3cccc4cccnc34)nc2)no1. The van der Waals surface area contributed by atoms with Gasteiger partial charge in [-0.2, -0.15) is 0 Å². The first-order valence-electron chi connectivity index (χ1n) is 8.00. The molecule has 0 aliphatic rings. The van der Waals surface area contributed by atoms with Crippen LogP contribution in [-0.4, -0.2) is 21.0 Å². The van der Waals surface area contributed by atoms with Gasteiger partial charge in [-0.1, -0.05) is 23.4 Å². The van der Waals surface area contributed by atoms with Crippen LogP contribution >= 0.6 is 0 Å². The number of rotatable bonds is 4. The fourth-order valence-corrected chi connectivity index (χ4v) is 2.57. The number of carbonyl (C=O) groups is 1. The van der Waals surface area contributed by atoms with Crippen LogP contribution in [0.25, 0.3) is 10.9 Å². The molecule has 0 aliphatic heterocycles. The number of aromatic nitrogens is 3. The standard InChI is InChI=1S/C19H15N5O2/c1-12-10-17(24-26-12)22-14-7-8-16(21-11-14)19(25)23-15-6-2-4-13-5-3-9-20-18(13)15/h2-11H,1H3,(H,22,24)(H,23,25). The molecule has 0 unspecified atom stereocenters. The minimum absolute atomic E-state index is 0.299. The lowest BCUT2D eigenvalue weighted by Crippen LogP contribution is -2.14. The minimum atomic E-state index is -0.299. The van der Waals surface area contributed by atoms with Crippen LogP contribution in [-0.2, 0) is 0 Å². The number of amides is 1. The van der Waals surface area contributed by atoms with Gasteiger partial charge in [-0.3, -0.25) is 9.78 Å². The van der Waals surface area contributed by atoms with Gasteiger partial charge >= 0.3 is 0 Å². The molecule has 0 atom stereocenters. The van der Waals surface area contributed by atoms with Gasteiger partial charge in [0.05, 0.1) is 23.1 Å². The summed E-state index contributed by atoms with van der Waals surface area (Å²) in [5.74, 6) is 0.996. The zero-order valence-electron chi connectivity index (χ0n) is 13.9. The fraction of sp³-hybridized carbons (Fsp3) is 0.0526. The molecular formula is C19H15N5O2. The molecule has 0 bridgehead atoms. The number of fused-ring (bicyclic) bond motifs is 1. The number of hydrogen-bond acceptors (Lipinski definition) is 6. The van der Waals surface area contributed by atoms with Gasteiger partial charge in [-0.15, -0.1) is 0 Å². The van der Waals surface area contributed by atoms with Crippen molar-refractivity contribution in [1.82, 2.24) is 15.1 Å². The molecule has 3 aromatic heterocycles. The molecule has 1 amide bonds. The first-order chi connectivity index (χ1) is 12.7. The summed E-state index contributed by atoms with van der Waals surface area (Å²) in [6.07, 6.45) is 3.27. The van der Waals surface area contributed by atoms with Crippen LogP contribution in [0.5, 0.6) is 0 Å². The van der Waals surface area contributed by atoms with Gasteiger partial charge in [0.2, 0.25) is 0 Å². The topological polar surface area (TPSA) is 92.9 Å². The molecule has 0 fully saturated rings. The Bertz CT molecular complexity index is 1070. The van der Waals surface area contributed by atoms with Crippen LogP contribution in [0.1, 0.15) is 16.2 Å². The first-order valence-corrected chi connectivity index (χ1v) is 8.00. The molecule has 0 radical (unpaired) electrons. The Hall–Kier alpha value is -3.74. The van der Waals surface area contributed by atoms with E-state index >= 15 is 0 Å². The third-order valence-electron chi connectivity index (χ3n) is 3.78. The second-order valence-corrected chi connectivity index (χ2v) is 5.71. The summed E-state index contributed by atoms with van der Waals surface area (Å²) in [5, 5.41) is 10.7. The van der Waals surface area contributed by atoms with Crippen molar-refractivity contribution >= 4 is 34.0 Å². The monoisotopic (exact) mass is 345 g/mol. The van der Waals surface area contributed by atoms with E-state index in [0.29, 0.717) is 28.6 Å². The third-order valence-corrected chi connectivity index (χ3v) is 3.78. The van der Waals surface area contributed by atoms with Crippen LogP contribution in [0.4, 0.5) is 17.2 Å². The van der Waals surface area contributed by atoms with Crippen LogP contribution in [0.15, 0.2) is 65.4 Å². The summed E-state index contributed by atoms with van der Waals surface area (Å²) in [5.41, 5.74) is 2.40. The summed E-state index contributed by atoms with van der Waals surface area (Å²) in [6, 6.07) is 14.6. The van der Waals surface area contributed by atoms with Gasteiger partial charge in [0.25, 0.3) is 5.91 Å². The van der Waals surface area contributed by atoms with Crippen molar-refractivity contribution in [2.24, 2.45) is 0 Å². The van der Waals surface area contributed by atoms with Crippen molar-refractivity contribution in [3.05, 3.63) is 72.4 Å². The van der Waals surface area contributed by atoms with Crippen LogP contribution in [0.2, 0.25) is 0 Å². The van der Waals surface area contributed by atoms with E-state index in [2.05, 4.69) is 25.8 Å². The van der Waals surface area contributed by atoms with Crippen molar-refractivity contribution in [3.8, 4) is 0 Å². The zero-order valence-corrected chi connectivity index (χ0v) is 13.9. The third kappa shape index (κ3) is 3.23. The maximum absolute atomic E-state index is 12.5. The van der Waals surface area contributed by atoms with E-state index in [9.17, 15) is 4.79 Å². The molecule has 4 aromatic rings. The van der Waals surface area contributed by atoms with Gasteiger partial charge in [0.1, 0.15) is 11.5 Å². The Morgan fingerprint density at radius 1 is 1.08 bits per heavy atom. The molecule has 128 valence electrons. The molecule has 26 heavy (non-hydrogen) atoms. The molecule has 0 saturated carbocycles. The van der Waals surface area contributed by atoms with Gasteiger partial charge in [-0.05, 0) is 31.2 Å². The van der Waals surface area contributed by atoms with E-state index in [4.69, 9.17) is 4.52 Å². The van der Waals surface area contributed by atoms with Crippen molar-refractivity contribution in [2.45, 2.75) is 6.92 Å². The zero-order chi connectivity index (χ0) is 17.9. The number of carbonyl (C=O) groups excluding carboxylic acids is 1. The lowest BCUT2D eigenvalue weighted by atomic mass is 10.2. The summed E-state index contributed by atoms with van der Waals surface area (Å²) in [7, 11) is 0. The van der Waals surface area contributed by atoms with E-state index < -0.39 is 0 Å². The smallest absolute Gasteiger partial charge is 0.274 e. The Kier molecular flexibility index (Phi) is 4.03. The maximum atomic E-state index is 12.5. The molecular weight excluding hydrogens is 330 g/mol. The molecule has 4 rings (SSSR count). The maximum Gasteiger partial charge on any atom is 0.274 e. The highest BCUT2D eigenvalue weighted by atomic mass is 16.5. The average Bonchev–Trinajstić information content (AvgIpc) is 3.07. The number of anilines is 3. The molecule has 3 heterocycles. The van der Waals surface area contributed by atoms with Gasteiger partial charge in [-0.25, -0.2) is 4.98 Å².